The zero-order chi connectivity index (χ0) is 42.8. The van der Waals surface area contributed by atoms with E-state index in [-0.39, 0.29) is 5.41 Å². The average Bonchev–Trinajstić information content (AvgIpc) is 3.60. The summed E-state index contributed by atoms with van der Waals surface area (Å²) in [6.07, 6.45) is 0. The molecule has 0 heterocycles. The zero-order valence-corrected chi connectivity index (χ0v) is 36.0. The highest BCUT2D eigenvalue weighted by Gasteiger charge is 2.36. The van der Waals surface area contributed by atoms with E-state index in [0.717, 1.165) is 17.1 Å². The Hall–Kier alpha value is -8.00. The second-order valence-electron chi connectivity index (χ2n) is 17.6. The lowest BCUT2D eigenvalue weighted by molar-refractivity contribution is 0.661. The molecular formula is C63H45N. The van der Waals surface area contributed by atoms with Gasteiger partial charge in [-0.25, -0.2) is 0 Å². The lowest BCUT2D eigenvalue weighted by atomic mass is 9.82. The molecular weight excluding hydrogens is 771 g/mol. The standard InChI is InChI=1S/C63H45N/c1-63(2)57-31-11-9-26-56(57)62-53-39-38-49(41-47(53)35-40-58(62)63)64(48-36-33-44(34-37-48)52-29-14-22-45-21-13-27-50(60(45)52)42-17-5-3-6-18-42)59-32-12-10-25-54(59)55-30-16-24-46-23-15-28-51(61(46)55)43-19-7-4-8-20-43/h3-41H,1-2H3. The Balaban J connectivity index is 1.06. The van der Waals surface area contributed by atoms with Crippen LogP contribution in [0.25, 0.3) is 88.0 Å². The van der Waals surface area contributed by atoms with Crippen LogP contribution in [-0.2, 0) is 5.41 Å². The molecule has 0 spiro atoms. The van der Waals surface area contributed by atoms with Crippen LogP contribution < -0.4 is 4.90 Å². The van der Waals surface area contributed by atoms with Crippen molar-refractivity contribution in [2.45, 2.75) is 19.3 Å². The van der Waals surface area contributed by atoms with Gasteiger partial charge in [0.05, 0.1) is 5.69 Å². The van der Waals surface area contributed by atoms with Crippen molar-refractivity contribution in [2.24, 2.45) is 0 Å². The first-order valence-corrected chi connectivity index (χ1v) is 22.3. The van der Waals surface area contributed by atoms with Crippen LogP contribution in [0.15, 0.2) is 237 Å². The fourth-order valence-corrected chi connectivity index (χ4v) is 10.6. The number of fused-ring (bicyclic) bond motifs is 7. The van der Waals surface area contributed by atoms with Gasteiger partial charge in [0.2, 0.25) is 0 Å². The van der Waals surface area contributed by atoms with Gasteiger partial charge in [0, 0.05) is 22.4 Å². The van der Waals surface area contributed by atoms with Crippen LogP contribution in [-0.4, -0.2) is 0 Å². The molecule has 0 amide bonds. The lowest BCUT2D eigenvalue weighted by Crippen LogP contribution is -2.14. The molecule has 0 aliphatic heterocycles. The van der Waals surface area contributed by atoms with Gasteiger partial charge in [0.1, 0.15) is 0 Å². The molecule has 1 heteroatoms. The van der Waals surface area contributed by atoms with Crippen molar-refractivity contribution in [1.29, 1.82) is 0 Å². The van der Waals surface area contributed by atoms with Gasteiger partial charge in [-0.1, -0.05) is 220 Å². The summed E-state index contributed by atoms with van der Waals surface area (Å²) in [7, 11) is 0. The molecule has 1 aliphatic carbocycles. The fraction of sp³-hybridized carbons (Fsp3) is 0.0476. The Bertz CT molecular complexity index is 3550. The fourth-order valence-electron chi connectivity index (χ4n) is 10.6. The number of benzene rings is 11. The van der Waals surface area contributed by atoms with Crippen molar-refractivity contribution >= 4 is 49.4 Å². The maximum absolute atomic E-state index is 2.46. The van der Waals surface area contributed by atoms with Crippen molar-refractivity contribution in [2.75, 3.05) is 4.90 Å². The van der Waals surface area contributed by atoms with Crippen molar-refractivity contribution in [3.8, 4) is 55.6 Å². The van der Waals surface area contributed by atoms with Crippen LogP contribution in [0, 0.1) is 0 Å². The van der Waals surface area contributed by atoms with Crippen LogP contribution in [0.5, 0.6) is 0 Å². The second-order valence-corrected chi connectivity index (χ2v) is 17.6. The third-order valence-electron chi connectivity index (χ3n) is 13.7. The highest BCUT2D eigenvalue weighted by molar-refractivity contribution is 6.10. The molecule has 12 rings (SSSR count). The predicted octanol–water partition coefficient (Wildman–Crippen LogP) is 17.6. The lowest BCUT2D eigenvalue weighted by Gasteiger charge is -2.29. The van der Waals surface area contributed by atoms with Gasteiger partial charge in [0.15, 0.2) is 0 Å². The quantitative estimate of drug-likeness (QED) is 0.155. The first kappa shape index (κ1) is 37.7. The van der Waals surface area contributed by atoms with Crippen molar-refractivity contribution in [3.63, 3.8) is 0 Å². The number of hydrogen-bond acceptors (Lipinski definition) is 1. The third kappa shape index (κ3) is 6.08. The minimum Gasteiger partial charge on any atom is -0.310 e. The van der Waals surface area contributed by atoms with Crippen molar-refractivity contribution in [1.82, 2.24) is 0 Å². The summed E-state index contributed by atoms with van der Waals surface area (Å²) in [6, 6.07) is 87.2. The van der Waals surface area contributed by atoms with Gasteiger partial charge in [-0.2, -0.15) is 0 Å². The summed E-state index contributed by atoms with van der Waals surface area (Å²) in [5.74, 6) is 0. The molecule has 0 fully saturated rings. The SMILES string of the molecule is CC1(C)c2ccccc2-c2c1ccc1cc(N(c3ccc(-c4cccc5cccc(-c6ccccc6)c45)cc3)c3ccccc3-c3cccc4cccc(-c5ccccc5)c34)ccc21. The molecule has 0 bridgehead atoms. The van der Waals surface area contributed by atoms with Gasteiger partial charge >= 0.3 is 0 Å². The first-order valence-electron chi connectivity index (χ1n) is 22.3. The topological polar surface area (TPSA) is 3.24 Å². The smallest absolute Gasteiger partial charge is 0.0540 e. The highest BCUT2D eigenvalue weighted by Crippen LogP contribution is 2.52. The van der Waals surface area contributed by atoms with Crippen molar-refractivity contribution < 1.29 is 0 Å². The molecule has 1 nitrogen and oxygen atoms in total. The Kier molecular flexibility index (Phi) is 8.91. The molecule has 0 N–H and O–H groups in total. The molecule has 0 aromatic heterocycles. The van der Waals surface area contributed by atoms with Crippen LogP contribution in [0.1, 0.15) is 25.0 Å². The van der Waals surface area contributed by atoms with E-state index < -0.39 is 0 Å². The molecule has 0 unspecified atom stereocenters. The number of rotatable bonds is 7. The summed E-state index contributed by atoms with van der Waals surface area (Å²) >= 11 is 0. The van der Waals surface area contributed by atoms with E-state index in [2.05, 4.69) is 255 Å². The Morgan fingerprint density at radius 2 is 0.797 bits per heavy atom. The molecule has 0 radical (unpaired) electrons. The largest absolute Gasteiger partial charge is 0.310 e. The number of nitrogens with zero attached hydrogens (tertiary/aromatic N) is 1. The molecule has 1 aliphatic rings. The number of hydrogen-bond donors (Lipinski definition) is 0. The van der Waals surface area contributed by atoms with Crippen LogP contribution >= 0.6 is 0 Å². The Labute approximate surface area is 375 Å². The van der Waals surface area contributed by atoms with Gasteiger partial charge in [-0.05, 0) is 124 Å². The summed E-state index contributed by atoms with van der Waals surface area (Å²) in [5.41, 5.74) is 18.4. The minimum absolute atomic E-state index is 0.0610. The molecule has 0 saturated heterocycles. The normalized spacial score (nSPS) is 12.7. The van der Waals surface area contributed by atoms with Gasteiger partial charge in [-0.15, -0.1) is 0 Å². The van der Waals surface area contributed by atoms with E-state index >= 15 is 0 Å². The van der Waals surface area contributed by atoms with Crippen molar-refractivity contribution in [3.05, 3.63) is 248 Å². The average molecular weight is 816 g/mol. The van der Waals surface area contributed by atoms with E-state index in [1.54, 1.807) is 0 Å². The molecule has 302 valence electrons. The van der Waals surface area contributed by atoms with E-state index in [1.165, 1.54) is 99.1 Å². The van der Waals surface area contributed by atoms with Gasteiger partial charge in [-0.3, -0.25) is 0 Å². The van der Waals surface area contributed by atoms with Crippen LogP contribution in [0.4, 0.5) is 17.1 Å². The minimum atomic E-state index is -0.0610. The molecule has 11 aromatic carbocycles. The monoisotopic (exact) mass is 815 g/mol. The van der Waals surface area contributed by atoms with E-state index in [1.807, 2.05) is 0 Å². The zero-order valence-electron chi connectivity index (χ0n) is 36.0. The van der Waals surface area contributed by atoms with Gasteiger partial charge < -0.3 is 4.90 Å². The molecule has 0 saturated carbocycles. The first-order chi connectivity index (χ1) is 31.5. The van der Waals surface area contributed by atoms with Crippen LogP contribution in [0.2, 0.25) is 0 Å². The summed E-state index contributed by atoms with van der Waals surface area (Å²) in [4.78, 5) is 2.46. The van der Waals surface area contributed by atoms with Gasteiger partial charge in [0.25, 0.3) is 0 Å². The number of para-hydroxylation sites is 1. The Morgan fingerprint density at radius 1 is 0.312 bits per heavy atom. The van der Waals surface area contributed by atoms with E-state index in [0.29, 0.717) is 0 Å². The molecule has 64 heavy (non-hydrogen) atoms. The summed E-state index contributed by atoms with van der Waals surface area (Å²) < 4.78 is 0. The molecule has 0 atom stereocenters. The number of anilines is 3. The Morgan fingerprint density at radius 3 is 1.42 bits per heavy atom. The van der Waals surface area contributed by atoms with Crippen LogP contribution in [0.3, 0.4) is 0 Å². The molecule has 11 aromatic rings. The second kappa shape index (κ2) is 15.1. The summed E-state index contributed by atoms with van der Waals surface area (Å²) in [6.45, 7) is 4.72. The highest BCUT2D eigenvalue weighted by atomic mass is 15.1. The summed E-state index contributed by atoms with van der Waals surface area (Å²) in [5, 5.41) is 7.48. The van der Waals surface area contributed by atoms with E-state index in [4.69, 9.17) is 0 Å². The maximum atomic E-state index is 2.46. The predicted molar refractivity (Wildman–Crippen MR) is 273 cm³/mol. The third-order valence-corrected chi connectivity index (χ3v) is 13.7. The maximum Gasteiger partial charge on any atom is 0.0540 e. The van der Waals surface area contributed by atoms with E-state index in [9.17, 15) is 0 Å².